The summed E-state index contributed by atoms with van der Waals surface area (Å²) in [7, 11) is 6.15. The van der Waals surface area contributed by atoms with Gasteiger partial charge >= 0.3 is 12.1 Å². The van der Waals surface area contributed by atoms with Crippen molar-refractivity contribution in [3.63, 3.8) is 0 Å². The standard InChI is InChI=1S/C21H21N5O5.C2HF3O2/c1-10-11-8-15(30-4)16(31-5)9-12(11)23-20(22-10)26-21-24-18-14(29-3)7-6-13(28-2)17(18)19(27)25-21;3-2(4,5)1(6)7/h6-9H,1-5H3,(H2,22,23,24,25,26,27);(H,6,7). The van der Waals surface area contributed by atoms with Crippen molar-refractivity contribution in [2.24, 2.45) is 0 Å². The highest BCUT2D eigenvalue weighted by Crippen LogP contribution is 2.38. The number of ether oxygens (including phenoxy) is 4. The number of hydrogen-bond acceptors (Lipinski definition) is 11. The molecular weight excluding hydrogens is 515 g/mol. The summed E-state index contributed by atoms with van der Waals surface area (Å²) in [6.45, 7) is 1.85. The second-order valence-corrected chi connectivity index (χ2v) is 7.35. The van der Waals surface area contributed by atoms with E-state index >= 15 is 0 Å². The number of halogens is 3. The number of alkyl halides is 3. The predicted octanol–water partition coefficient (Wildman–Crippen LogP) is 4.00. The number of nitrogens with zero attached hydrogens (tertiary/aromatic N) is 4. The molecule has 2 aromatic carbocycles. The Bertz CT molecular complexity index is 1500. The van der Waals surface area contributed by atoms with Gasteiger partial charge in [0.25, 0.3) is 0 Å². The van der Waals surface area contributed by atoms with Gasteiger partial charge in [-0.1, -0.05) is 0 Å². The van der Waals surface area contributed by atoms with Crippen molar-refractivity contribution >= 4 is 39.7 Å². The third-order valence-electron chi connectivity index (χ3n) is 5.05. The number of carboxylic acid groups (broad SMARTS) is 1. The first kappa shape index (κ1) is 27.8. The molecule has 2 heterocycles. The lowest BCUT2D eigenvalue weighted by Gasteiger charge is -2.13. The lowest BCUT2D eigenvalue weighted by Crippen LogP contribution is -2.21. The Balaban J connectivity index is 0.000000505. The minimum atomic E-state index is -5.08. The number of nitrogens with one attached hydrogen (secondary N) is 1. The van der Waals surface area contributed by atoms with Crippen molar-refractivity contribution in [2.45, 2.75) is 13.1 Å². The Morgan fingerprint density at radius 3 is 1.92 bits per heavy atom. The molecule has 15 heteroatoms. The lowest BCUT2D eigenvalue weighted by atomic mass is 10.1. The van der Waals surface area contributed by atoms with Crippen LogP contribution in [-0.4, -0.2) is 70.7 Å². The molecule has 4 rings (SSSR count). The maximum atomic E-state index is 10.6. The van der Waals surface area contributed by atoms with Gasteiger partial charge in [-0.3, -0.25) is 5.32 Å². The minimum Gasteiger partial charge on any atom is -0.496 e. The Labute approximate surface area is 213 Å². The molecule has 0 aliphatic carbocycles. The fraction of sp³-hybridized carbons (Fsp3) is 0.261. The van der Waals surface area contributed by atoms with E-state index in [9.17, 15) is 18.3 Å². The van der Waals surface area contributed by atoms with Gasteiger partial charge in [0, 0.05) is 11.5 Å². The Morgan fingerprint density at radius 2 is 1.37 bits per heavy atom. The second-order valence-electron chi connectivity index (χ2n) is 7.35. The summed E-state index contributed by atoms with van der Waals surface area (Å²) in [5.41, 5.74) is 1.76. The van der Waals surface area contributed by atoms with Gasteiger partial charge in [0.05, 0.1) is 39.6 Å². The molecule has 0 fully saturated rings. The predicted molar refractivity (Wildman–Crippen MR) is 129 cm³/mol. The number of benzene rings is 2. The van der Waals surface area contributed by atoms with E-state index in [1.165, 1.54) is 14.2 Å². The molecule has 0 unspecified atom stereocenters. The topological polar surface area (TPSA) is 158 Å². The molecule has 12 nitrogen and oxygen atoms in total. The van der Waals surface area contributed by atoms with Crippen LogP contribution in [0.5, 0.6) is 28.9 Å². The van der Waals surface area contributed by atoms with E-state index in [0.717, 1.165) is 11.1 Å². The van der Waals surface area contributed by atoms with Crippen LogP contribution in [0.15, 0.2) is 24.3 Å². The van der Waals surface area contributed by atoms with E-state index in [1.807, 2.05) is 13.0 Å². The molecule has 0 saturated carbocycles. The molecule has 0 aliphatic rings. The summed E-state index contributed by atoms with van der Waals surface area (Å²) in [5, 5.41) is 21.8. The summed E-state index contributed by atoms with van der Waals surface area (Å²) in [6.07, 6.45) is -5.08. The first-order valence-corrected chi connectivity index (χ1v) is 10.5. The van der Waals surface area contributed by atoms with Crippen molar-refractivity contribution in [1.82, 2.24) is 19.9 Å². The number of aromatic hydroxyl groups is 1. The van der Waals surface area contributed by atoms with Crippen LogP contribution in [0.1, 0.15) is 5.69 Å². The highest BCUT2D eigenvalue weighted by molar-refractivity contribution is 5.94. The molecular formula is C23H22F3N5O7. The molecule has 3 N–H and O–H groups in total. The van der Waals surface area contributed by atoms with Crippen LogP contribution < -0.4 is 24.3 Å². The zero-order valence-corrected chi connectivity index (χ0v) is 20.7. The zero-order chi connectivity index (χ0) is 28.2. The van der Waals surface area contributed by atoms with Crippen molar-refractivity contribution in [3.05, 3.63) is 30.0 Å². The summed E-state index contributed by atoms with van der Waals surface area (Å²) in [4.78, 5) is 26.5. The molecule has 0 aliphatic heterocycles. The number of hydrogen-bond donors (Lipinski definition) is 3. The summed E-state index contributed by atoms with van der Waals surface area (Å²) in [5.74, 6) is -0.613. The van der Waals surface area contributed by atoms with Crippen LogP contribution in [0.4, 0.5) is 25.1 Å². The zero-order valence-electron chi connectivity index (χ0n) is 20.7. The number of aliphatic carboxylic acids is 1. The summed E-state index contributed by atoms with van der Waals surface area (Å²) >= 11 is 0. The molecule has 202 valence electrons. The molecule has 0 radical (unpaired) electrons. The van der Waals surface area contributed by atoms with E-state index in [0.29, 0.717) is 39.4 Å². The Morgan fingerprint density at radius 1 is 0.842 bits per heavy atom. The molecule has 2 aromatic heterocycles. The average molecular weight is 537 g/mol. The van der Waals surface area contributed by atoms with Crippen LogP contribution in [0.25, 0.3) is 21.8 Å². The Kier molecular flexibility index (Phi) is 8.08. The van der Waals surface area contributed by atoms with Crippen molar-refractivity contribution in [1.29, 1.82) is 0 Å². The number of aryl methyl sites for hydroxylation is 1. The number of fused-ring (bicyclic) bond motifs is 2. The van der Waals surface area contributed by atoms with Gasteiger partial charge in [-0.2, -0.15) is 18.2 Å². The van der Waals surface area contributed by atoms with Gasteiger partial charge in [0.1, 0.15) is 22.4 Å². The van der Waals surface area contributed by atoms with Gasteiger partial charge < -0.3 is 29.2 Å². The van der Waals surface area contributed by atoms with Gasteiger partial charge in [0.2, 0.25) is 17.8 Å². The highest BCUT2D eigenvalue weighted by atomic mass is 19.4. The second kappa shape index (κ2) is 11.1. The van der Waals surface area contributed by atoms with E-state index in [4.69, 9.17) is 28.8 Å². The number of carboxylic acids is 1. The largest absolute Gasteiger partial charge is 0.496 e. The maximum Gasteiger partial charge on any atom is 0.490 e. The van der Waals surface area contributed by atoms with Gasteiger partial charge in [0.15, 0.2) is 11.5 Å². The quantitative estimate of drug-likeness (QED) is 0.325. The average Bonchev–Trinajstić information content (AvgIpc) is 2.87. The highest BCUT2D eigenvalue weighted by Gasteiger charge is 2.38. The lowest BCUT2D eigenvalue weighted by molar-refractivity contribution is -0.192. The van der Waals surface area contributed by atoms with E-state index in [-0.39, 0.29) is 17.8 Å². The number of rotatable bonds is 6. The summed E-state index contributed by atoms with van der Waals surface area (Å²) in [6, 6.07) is 6.96. The normalized spacial score (nSPS) is 10.9. The number of anilines is 2. The van der Waals surface area contributed by atoms with E-state index in [2.05, 4.69) is 25.3 Å². The number of methoxy groups -OCH3 is 4. The van der Waals surface area contributed by atoms with Gasteiger partial charge in [-0.15, -0.1) is 0 Å². The van der Waals surface area contributed by atoms with E-state index < -0.39 is 12.1 Å². The number of carbonyl (C=O) groups is 1. The molecule has 0 spiro atoms. The number of aromatic nitrogens is 4. The molecule has 0 bridgehead atoms. The van der Waals surface area contributed by atoms with E-state index in [1.54, 1.807) is 32.4 Å². The SMILES string of the molecule is COc1cc2nc(Nc3nc(O)c4c(OC)ccc(OC)c4n3)nc(C)c2cc1OC.O=C(O)C(F)(F)F. The summed E-state index contributed by atoms with van der Waals surface area (Å²) < 4.78 is 53.1. The third kappa shape index (κ3) is 5.77. The van der Waals surface area contributed by atoms with Gasteiger partial charge in [-0.25, -0.2) is 19.7 Å². The maximum absolute atomic E-state index is 10.6. The fourth-order valence-corrected chi connectivity index (χ4v) is 3.32. The smallest absolute Gasteiger partial charge is 0.490 e. The molecule has 0 atom stereocenters. The Hall–Kier alpha value is -4.82. The fourth-order valence-electron chi connectivity index (χ4n) is 3.32. The molecule has 0 saturated heterocycles. The van der Waals surface area contributed by atoms with Crippen LogP contribution in [0.2, 0.25) is 0 Å². The third-order valence-corrected chi connectivity index (χ3v) is 5.05. The van der Waals surface area contributed by atoms with Gasteiger partial charge in [-0.05, 0) is 25.1 Å². The van der Waals surface area contributed by atoms with Crippen LogP contribution >= 0.6 is 0 Å². The van der Waals surface area contributed by atoms with Crippen molar-refractivity contribution in [2.75, 3.05) is 33.8 Å². The minimum absolute atomic E-state index is 0.107. The van der Waals surface area contributed by atoms with Crippen LogP contribution in [0, 0.1) is 6.92 Å². The van der Waals surface area contributed by atoms with Crippen molar-refractivity contribution < 1.29 is 47.1 Å². The molecule has 4 aromatic rings. The first-order valence-electron chi connectivity index (χ1n) is 10.5. The van der Waals surface area contributed by atoms with Crippen LogP contribution in [-0.2, 0) is 4.79 Å². The monoisotopic (exact) mass is 537 g/mol. The van der Waals surface area contributed by atoms with Crippen molar-refractivity contribution in [3.8, 4) is 28.9 Å². The molecule has 0 amide bonds. The van der Waals surface area contributed by atoms with Crippen LogP contribution in [0.3, 0.4) is 0 Å². The first-order chi connectivity index (χ1) is 17.9. The molecule has 38 heavy (non-hydrogen) atoms.